The Morgan fingerprint density at radius 2 is 1.41 bits per heavy atom. The first-order chi connectivity index (χ1) is 23.1. The molecule has 0 saturated carbocycles. The predicted molar refractivity (Wildman–Crippen MR) is 175 cm³/mol. The molecule has 11 atom stereocenters. The van der Waals surface area contributed by atoms with Crippen molar-refractivity contribution in [3.63, 3.8) is 0 Å². The highest BCUT2D eigenvalue weighted by molar-refractivity contribution is 6.30. The molecule has 13 heteroatoms. The van der Waals surface area contributed by atoms with Crippen molar-refractivity contribution in [3.05, 3.63) is 57.6 Å². The minimum absolute atomic E-state index is 0.0329. The lowest BCUT2D eigenvalue weighted by Crippen LogP contribution is -2.55. The maximum atomic E-state index is 13.9. The van der Waals surface area contributed by atoms with E-state index in [1.165, 1.54) is 24.3 Å². The zero-order valence-corrected chi connectivity index (χ0v) is 29.0. The second-order valence-electron chi connectivity index (χ2n) is 14.4. The second kappa shape index (κ2) is 13.3. The quantitative estimate of drug-likeness (QED) is 0.245. The largest absolute Gasteiger partial charge is 0.507 e. The number of phenolic OH excluding ortho intramolecular Hbond substituents is 2. The van der Waals surface area contributed by atoms with Crippen molar-refractivity contribution >= 4 is 11.6 Å². The first kappa shape index (κ1) is 35.8. The van der Waals surface area contributed by atoms with E-state index in [-0.39, 0.29) is 64.9 Å². The van der Waals surface area contributed by atoms with Crippen molar-refractivity contribution in [1.82, 2.24) is 9.80 Å². The van der Waals surface area contributed by atoms with Gasteiger partial charge in [-0.05, 0) is 66.2 Å². The summed E-state index contributed by atoms with van der Waals surface area (Å²) in [5.74, 6) is -2.18. The number of fused-ring (bicyclic) bond motifs is 3. The number of rotatable bonds is 7. The van der Waals surface area contributed by atoms with Crippen LogP contribution >= 0.6 is 0 Å². The number of ether oxygens (including phenoxy) is 4. The van der Waals surface area contributed by atoms with Crippen LogP contribution in [0, 0.1) is 0 Å². The lowest BCUT2D eigenvalue weighted by molar-refractivity contribution is -0.289. The zero-order valence-electron chi connectivity index (χ0n) is 29.0. The number of nitrogens with zero attached hydrogens (tertiary/aromatic N) is 2. The Bertz CT molecular complexity index is 1610. The normalized spacial score (nSPS) is 36.1. The highest BCUT2D eigenvalue weighted by Crippen LogP contribution is 2.55. The molecule has 2 heterocycles. The number of hydrogen-bond donors (Lipinski definition) is 5. The Labute approximate surface area is 285 Å². The van der Waals surface area contributed by atoms with Gasteiger partial charge in [0.05, 0.1) is 47.2 Å². The molecule has 2 saturated heterocycles. The number of carbonyl (C=O) groups excluding carboxylic acids is 2. The molecular formula is C36H48N2O11. The summed E-state index contributed by atoms with van der Waals surface area (Å²) in [7, 11) is 7.39. The lowest BCUT2D eigenvalue weighted by Gasteiger charge is -2.48. The number of ketones is 2. The highest BCUT2D eigenvalue weighted by Gasteiger charge is 2.52. The van der Waals surface area contributed by atoms with Crippen molar-refractivity contribution in [3.8, 4) is 11.5 Å². The second-order valence-corrected chi connectivity index (χ2v) is 14.4. The van der Waals surface area contributed by atoms with Crippen LogP contribution in [0.5, 0.6) is 11.5 Å². The van der Waals surface area contributed by atoms with E-state index in [0.717, 1.165) is 0 Å². The molecule has 0 unspecified atom stereocenters. The molecule has 5 N–H and O–H groups in total. The third-order valence-electron chi connectivity index (χ3n) is 10.9. The van der Waals surface area contributed by atoms with E-state index in [1.807, 2.05) is 38.0 Å². The summed E-state index contributed by atoms with van der Waals surface area (Å²) in [6.45, 7) is 5.25. The van der Waals surface area contributed by atoms with E-state index in [4.69, 9.17) is 18.9 Å². The molecule has 49 heavy (non-hydrogen) atoms. The van der Waals surface area contributed by atoms with E-state index in [9.17, 15) is 35.1 Å². The van der Waals surface area contributed by atoms with Crippen molar-refractivity contribution in [2.45, 2.75) is 113 Å². The maximum absolute atomic E-state index is 13.9. The van der Waals surface area contributed by atoms with Crippen LogP contribution in [0.25, 0.3) is 0 Å². The van der Waals surface area contributed by atoms with Gasteiger partial charge >= 0.3 is 0 Å². The predicted octanol–water partition coefficient (Wildman–Crippen LogP) is 2.39. The van der Waals surface area contributed by atoms with Crippen LogP contribution in [0.2, 0.25) is 0 Å². The topological polar surface area (TPSA) is 179 Å². The molecule has 0 aromatic heterocycles. The summed E-state index contributed by atoms with van der Waals surface area (Å²) in [6.07, 6.45) is -5.98. The Balaban J connectivity index is 1.48. The number of likely N-dealkylation sites (N-methyl/N-ethyl adjacent to an activating group) is 2. The van der Waals surface area contributed by atoms with Crippen molar-refractivity contribution in [2.24, 2.45) is 0 Å². The SMILES string of the molecule is CC[C@@]1(O)C[C@H](O[C@H]2C[C@H](N(C)C)[C@H](O)[C@H](C)O2)c2cc3c(c(O)c2[C@H]1O[C@H]1C[C@H](N(C)C)[C@H](O)[C@H](C)O1)C(=O)c1cccc(O)c1C3=O. The lowest BCUT2D eigenvalue weighted by atomic mass is 9.71. The summed E-state index contributed by atoms with van der Waals surface area (Å²) >= 11 is 0. The number of benzene rings is 2. The summed E-state index contributed by atoms with van der Waals surface area (Å²) in [6, 6.07) is 5.06. The smallest absolute Gasteiger partial charge is 0.198 e. The number of phenols is 2. The van der Waals surface area contributed by atoms with Crippen LogP contribution in [-0.2, 0) is 18.9 Å². The molecule has 0 amide bonds. The molecule has 0 radical (unpaired) electrons. The van der Waals surface area contributed by atoms with Gasteiger partial charge in [0.2, 0.25) is 0 Å². The Morgan fingerprint density at radius 3 is 1.96 bits per heavy atom. The van der Waals surface area contributed by atoms with Crippen LogP contribution < -0.4 is 0 Å². The molecular weight excluding hydrogens is 636 g/mol. The number of aliphatic hydroxyl groups excluding tert-OH is 2. The molecule has 2 aromatic rings. The van der Waals surface area contributed by atoms with Crippen LogP contribution in [0.4, 0.5) is 0 Å². The Hall–Kier alpha value is -2.98. The molecule has 2 aliphatic heterocycles. The monoisotopic (exact) mass is 684 g/mol. The fourth-order valence-corrected chi connectivity index (χ4v) is 7.94. The average Bonchev–Trinajstić information content (AvgIpc) is 3.04. The van der Waals surface area contributed by atoms with E-state index in [1.54, 1.807) is 20.8 Å². The summed E-state index contributed by atoms with van der Waals surface area (Å²) in [5, 5.41) is 56.7. The summed E-state index contributed by atoms with van der Waals surface area (Å²) < 4.78 is 25.3. The van der Waals surface area contributed by atoms with Crippen LogP contribution in [0.15, 0.2) is 24.3 Å². The number of carbonyl (C=O) groups is 2. The fourth-order valence-electron chi connectivity index (χ4n) is 7.94. The number of hydrogen-bond acceptors (Lipinski definition) is 13. The Morgan fingerprint density at radius 1 is 0.857 bits per heavy atom. The third-order valence-corrected chi connectivity index (χ3v) is 10.9. The molecule has 2 aromatic carbocycles. The standard InChI is InChI=1S/C36H48N2O11/c1-8-36(45)15-24(48-25-13-21(37(4)5)30(40)16(2)46-25)19-12-20-28(32(42)18-10-9-11-23(39)27(18)33(20)43)34(44)29(19)35(36)49-26-14-22(38(6)7)31(41)17(3)47-26/h9-12,16-17,21-22,24-26,30-31,35,39-41,44-45H,8,13-15H2,1-7H3/t16-,17-,21-,22-,24-,25-,26-,30+,31+,35+,36+/m0/s1. The minimum atomic E-state index is -1.65. The van der Waals surface area contributed by atoms with Gasteiger partial charge in [0.1, 0.15) is 17.6 Å². The van der Waals surface area contributed by atoms with Gasteiger partial charge < -0.3 is 54.3 Å². The molecule has 268 valence electrons. The third kappa shape index (κ3) is 6.08. The van der Waals surface area contributed by atoms with Crippen LogP contribution in [0.1, 0.15) is 102 Å². The summed E-state index contributed by atoms with van der Waals surface area (Å²) in [4.78, 5) is 31.6. The van der Waals surface area contributed by atoms with Gasteiger partial charge in [-0.15, -0.1) is 0 Å². The van der Waals surface area contributed by atoms with Gasteiger partial charge in [-0.25, -0.2) is 0 Å². The summed E-state index contributed by atoms with van der Waals surface area (Å²) in [5.41, 5.74) is -1.83. The highest BCUT2D eigenvalue weighted by atomic mass is 16.7. The number of aromatic hydroxyl groups is 2. The van der Waals surface area contributed by atoms with Gasteiger partial charge in [0.25, 0.3) is 0 Å². The van der Waals surface area contributed by atoms with Crippen molar-refractivity contribution in [2.75, 3.05) is 28.2 Å². The molecule has 0 bridgehead atoms. The van der Waals surface area contributed by atoms with E-state index < -0.39 is 72.1 Å². The van der Waals surface area contributed by atoms with Gasteiger partial charge in [-0.3, -0.25) is 9.59 Å². The number of aliphatic hydroxyl groups is 3. The molecule has 6 rings (SSSR count). The maximum Gasteiger partial charge on any atom is 0.198 e. The van der Waals surface area contributed by atoms with Gasteiger partial charge in [0.15, 0.2) is 24.1 Å². The molecule has 4 aliphatic rings. The van der Waals surface area contributed by atoms with Crippen LogP contribution in [0.3, 0.4) is 0 Å². The van der Waals surface area contributed by atoms with Crippen molar-refractivity contribution in [1.29, 1.82) is 0 Å². The van der Waals surface area contributed by atoms with E-state index >= 15 is 0 Å². The van der Waals surface area contributed by atoms with E-state index in [0.29, 0.717) is 12.0 Å². The molecule has 2 aliphatic carbocycles. The van der Waals surface area contributed by atoms with Crippen LogP contribution in [-0.4, -0.2) is 130 Å². The van der Waals surface area contributed by atoms with Gasteiger partial charge in [-0.2, -0.15) is 0 Å². The molecule has 0 spiro atoms. The minimum Gasteiger partial charge on any atom is -0.507 e. The molecule has 2 fully saturated rings. The Kier molecular flexibility index (Phi) is 9.72. The van der Waals surface area contributed by atoms with Gasteiger partial charge in [0, 0.05) is 48.0 Å². The zero-order chi connectivity index (χ0) is 35.7. The van der Waals surface area contributed by atoms with E-state index in [2.05, 4.69) is 0 Å². The van der Waals surface area contributed by atoms with Gasteiger partial charge in [-0.1, -0.05) is 19.1 Å². The first-order valence-corrected chi connectivity index (χ1v) is 16.9. The molecule has 13 nitrogen and oxygen atoms in total. The van der Waals surface area contributed by atoms with Crippen molar-refractivity contribution < 1.29 is 54.1 Å². The fraction of sp³-hybridized carbons (Fsp3) is 0.611. The average molecular weight is 685 g/mol. The first-order valence-electron chi connectivity index (χ1n) is 16.9.